The van der Waals surface area contributed by atoms with Crippen molar-refractivity contribution in [1.82, 2.24) is 5.43 Å². The molecule has 6 nitrogen and oxygen atoms in total. The van der Waals surface area contributed by atoms with Gasteiger partial charge in [0, 0.05) is 11.1 Å². The molecule has 1 aromatic heterocycles. The van der Waals surface area contributed by atoms with E-state index in [0.29, 0.717) is 22.1 Å². The summed E-state index contributed by atoms with van der Waals surface area (Å²) in [7, 11) is 0. The van der Waals surface area contributed by atoms with Gasteiger partial charge in [-0.25, -0.2) is 5.43 Å². The Morgan fingerprint density at radius 2 is 1.96 bits per heavy atom. The monoisotopic (exact) mass is 324 g/mol. The van der Waals surface area contributed by atoms with Gasteiger partial charge in [0.15, 0.2) is 5.76 Å². The average molecular weight is 324 g/mol. The van der Waals surface area contributed by atoms with E-state index in [1.54, 1.807) is 37.3 Å². The maximum atomic E-state index is 12.2. The molecule has 1 heterocycles. The number of carbonyl (C=O) groups is 1. The Balaban J connectivity index is 1.83. The molecule has 122 valence electrons. The van der Waals surface area contributed by atoms with Crippen LogP contribution in [-0.4, -0.2) is 22.3 Å². The highest BCUT2D eigenvalue weighted by atomic mass is 16.3. The molecule has 6 heteroatoms. The number of rotatable bonds is 3. The highest BCUT2D eigenvalue weighted by molar-refractivity contribution is 6.01. The highest BCUT2D eigenvalue weighted by Crippen LogP contribution is 2.32. The Labute approximate surface area is 138 Å². The van der Waals surface area contributed by atoms with Crippen LogP contribution in [0.4, 0.5) is 0 Å². The van der Waals surface area contributed by atoms with Gasteiger partial charge in [-0.1, -0.05) is 17.7 Å². The van der Waals surface area contributed by atoms with Gasteiger partial charge in [-0.2, -0.15) is 5.10 Å². The number of hydrazone groups is 1. The van der Waals surface area contributed by atoms with Crippen molar-refractivity contribution in [2.24, 2.45) is 5.10 Å². The van der Waals surface area contributed by atoms with Crippen LogP contribution in [0.5, 0.6) is 11.5 Å². The van der Waals surface area contributed by atoms with Crippen molar-refractivity contribution >= 4 is 23.1 Å². The van der Waals surface area contributed by atoms with E-state index in [-0.39, 0.29) is 17.3 Å². The maximum absolute atomic E-state index is 12.2. The molecule has 3 aromatic rings. The first-order valence-corrected chi connectivity index (χ1v) is 7.31. The van der Waals surface area contributed by atoms with Crippen molar-refractivity contribution in [3.63, 3.8) is 0 Å². The van der Waals surface area contributed by atoms with E-state index in [1.165, 1.54) is 12.3 Å². The van der Waals surface area contributed by atoms with Crippen LogP contribution in [0.1, 0.15) is 27.2 Å². The maximum Gasteiger partial charge on any atom is 0.307 e. The number of nitrogens with one attached hydrogen (secondary N) is 1. The number of carbonyl (C=O) groups excluding carboxylic acids is 1. The summed E-state index contributed by atoms with van der Waals surface area (Å²) in [6.45, 7) is 3.58. The topological polar surface area (TPSA) is 95.1 Å². The number of benzene rings is 2. The molecular weight excluding hydrogens is 308 g/mol. The van der Waals surface area contributed by atoms with Crippen LogP contribution in [0.2, 0.25) is 0 Å². The van der Waals surface area contributed by atoms with Crippen LogP contribution in [0.3, 0.4) is 0 Å². The first kappa shape index (κ1) is 15.6. The van der Waals surface area contributed by atoms with E-state index >= 15 is 0 Å². The number of hydrogen-bond acceptors (Lipinski definition) is 5. The summed E-state index contributed by atoms with van der Waals surface area (Å²) < 4.78 is 5.49. The summed E-state index contributed by atoms with van der Waals surface area (Å²) in [6.07, 6.45) is 1.36. The molecule has 0 atom stereocenters. The fraction of sp³-hybridized carbons (Fsp3) is 0.111. The number of aromatic hydroxyl groups is 2. The quantitative estimate of drug-likeness (QED) is 0.509. The van der Waals surface area contributed by atoms with Crippen LogP contribution in [-0.2, 0) is 0 Å². The standard InChI is InChI=1S/C18H16N2O4/c1-10-6-7-13(21)12(8-10)9-19-20-18(23)17-11(2)16-14(22)4-3-5-15(16)24-17/h3-9,21-22H,1-2H3,(H,20,23)/b19-9+. The first-order valence-electron chi connectivity index (χ1n) is 7.31. The second-order valence-corrected chi connectivity index (χ2v) is 5.47. The molecule has 0 bridgehead atoms. The predicted octanol–water partition coefficient (Wildman–Crippen LogP) is 3.22. The van der Waals surface area contributed by atoms with E-state index in [0.717, 1.165) is 5.56 Å². The van der Waals surface area contributed by atoms with Gasteiger partial charge in [0.25, 0.3) is 0 Å². The molecule has 0 unspecified atom stereocenters. The minimum atomic E-state index is -0.536. The minimum absolute atomic E-state index is 0.0565. The molecule has 0 radical (unpaired) electrons. The third-order valence-electron chi connectivity index (χ3n) is 3.69. The number of aryl methyl sites for hydroxylation is 2. The Kier molecular flexibility index (Phi) is 3.95. The molecule has 3 rings (SSSR count). The zero-order chi connectivity index (χ0) is 17.3. The Bertz CT molecular complexity index is 957. The second-order valence-electron chi connectivity index (χ2n) is 5.47. The third-order valence-corrected chi connectivity index (χ3v) is 3.69. The average Bonchev–Trinajstić information content (AvgIpc) is 2.89. The van der Waals surface area contributed by atoms with Gasteiger partial charge in [0.05, 0.1) is 11.6 Å². The smallest absolute Gasteiger partial charge is 0.307 e. The lowest BCUT2D eigenvalue weighted by atomic mass is 10.1. The summed E-state index contributed by atoms with van der Waals surface area (Å²) in [6, 6.07) is 9.93. The van der Waals surface area contributed by atoms with Gasteiger partial charge in [0.1, 0.15) is 17.1 Å². The van der Waals surface area contributed by atoms with Crippen LogP contribution in [0.25, 0.3) is 11.0 Å². The number of phenols is 2. The van der Waals surface area contributed by atoms with Gasteiger partial charge in [-0.3, -0.25) is 4.79 Å². The fourth-order valence-corrected chi connectivity index (χ4v) is 2.49. The van der Waals surface area contributed by atoms with E-state index in [2.05, 4.69) is 10.5 Å². The normalized spacial score (nSPS) is 11.2. The zero-order valence-electron chi connectivity index (χ0n) is 13.2. The summed E-state index contributed by atoms with van der Waals surface area (Å²) in [4.78, 5) is 12.2. The number of fused-ring (bicyclic) bond motifs is 1. The predicted molar refractivity (Wildman–Crippen MR) is 90.5 cm³/mol. The molecule has 0 aliphatic carbocycles. The summed E-state index contributed by atoms with van der Waals surface area (Å²) >= 11 is 0. The van der Waals surface area contributed by atoms with Crippen LogP contribution in [0, 0.1) is 13.8 Å². The van der Waals surface area contributed by atoms with E-state index in [1.807, 2.05) is 6.92 Å². The van der Waals surface area contributed by atoms with Crippen molar-refractivity contribution in [1.29, 1.82) is 0 Å². The first-order chi connectivity index (χ1) is 11.5. The second kappa shape index (κ2) is 6.08. The van der Waals surface area contributed by atoms with Crippen molar-refractivity contribution < 1.29 is 19.4 Å². The summed E-state index contributed by atoms with van der Waals surface area (Å²) in [5.41, 5.74) is 4.78. The molecule has 0 spiro atoms. The molecule has 0 aliphatic heterocycles. The van der Waals surface area contributed by atoms with Crippen LogP contribution < -0.4 is 5.43 Å². The zero-order valence-corrected chi connectivity index (χ0v) is 13.2. The molecule has 0 saturated carbocycles. The molecule has 0 fully saturated rings. The van der Waals surface area contributed by atoms with Crippen molar-refractivity contribution in [3.05, 3.63) is 58.8 Å². The van der Waals surface area contributed by atoms with Crippen molar-refractivity contribution in [2.75, 3.05) is 0 Å². The molecule has 0 saturated heterocycles. The summed E-state index contributed by atoms with van der Waals surface area (Å²) in [5.74, 6) is -0.326. The number of furan rings is 1. The SMILES string of the molecule is Cc1ccc(O)c(/C=N/NC(=O)c2oc3cccc(O)c3c2C)c1. The third kappa shape index (κ3) is 2.81. The van der Waals surface area contributed by atoms with Gasteiger partial charge >= 0.3 is 5.91 Å². The molecule has 24 heavy (non-hydrogen) atoms. The van der Waals surface area contributed by atoms with Crippen molar-refractivity contribution in [2.45, 2.75) is 13.8 Å². The Hall–Kier alpha value is -3.28. The molecule has 2 aromatic carbocycles. The van der Waals surface area contributed by atoms with Crippen molar-refractivity contribution in [3.8, 4) is 11.5 Å². The van der Waals surface area contributed by atoms with E-state index in [9.17, 15) is 15.0 Å². The summed E-state index contributed by atoms with van der Waals surface area (Å²) in [5, 5.41) is 24.0. The number of nitrogens with zero attached hydrogens (tertiary/aromatic N) is 1. The van der Waals surface area contributed by atoms with Gasteiger partial charge in [-0.05, 0) is 38.1 Å². The number of hydrogen-bond donors (Lipinski definition) is 3. The van der Waals surface area contributed by atoms with Gasteiger partial charge in [-0.15, -0.1) is 0 Å². The minimum Gasteiger partial charge on any atom is -0.507 e. The number of amides is 1. The van der Waals surface area contributed by atoms with E-state index < -0.39 is 5.91 Å². The molecule has 0 aliphatic rings. The van der Waals surface area contributed by atoms with Crippen LogP contribution >= 0.6 is 0 Å². The lowest BCUT2D eigenvalue weighted by molar-refractivity contribution is 0.0929. The Morgan fingerprint density at radius 1 is 1.17 bits per heavy atom. The molecular formula is C18H16N2O4. The highest BCUT2D eigenvalue weighted by Gasteiger charge is 2.19. The number of phenolic OH excluding ortho intramolecular Hbond substituents is 2. The van der Waals surface area contributed by atoms with Gasteiger partial charge < -0.3 is 14.6 Å². The Morgan fingerprint density at radius 3 is 2.71 bits per heavy atom. The molecule has 1 amide bonds. The van der Waals surface area contributed by atoms with E-state index in [4.69, 9.17) is 4.42 Å². The molecule has 3 N–H and O–H groups in total. The van der Waals surface area contributed by atoms with Gasteiger partial charge in [0.2, 0.25) is 0 Å². The van der Waals surface area contributed by atoms with Crippen LogP contribution in [0.15, 0.2) is 45.9 Å². The lowest BCUT2D eigenvalue weighted by Gasteiger charge is -2.00. The fourth-order valence-electron chi connectivity index (χ4n) is 2.49. The lowest BCUT2D eigenvalue weighted by Crippen LogP contribution is -2.17. The largest absolute Gasteiger partial charge is 0.507 e.